The van der Waals surface area contributed by atoms with Gasteiger partial charge in [0.2, 0.25) is 0 Å². The SMILES string of the molecule is COCCN1C(=O)c2ccccc2NC1c1c(OCCOc2ccccc2)ccc2ccccc12. The van der Waals surface area contributed by atoms with Crippen LogP contribution in [0.25, 0.3) is 10.8 Å². The maximum atomic E-state index is 13.5. The van der Waals surface area contributed by atoms with Crippen LogP contribution < -0.4 is 14.8 Å². The molecule has 0 radical (unpaired) electrons. The van der Waals surface area contributed by atoms with Gasteiger partial charge in [0.05, 0.1) is 12.2 Å². The highest BCUT2D eigenvalue weighted by Crippen LogP contribution is 2.40. The Morgan fingerprint density at radius 2 is 1.54 bits per heavy atom. The molecule has 1 aliphatic heterocycles. The first-order valence-electron chi connectivity index (χ1n) is 11.7. The van der Waals surface area contributed by atoms with Gasteiger partial charge in [0.25, 0.3) is 5.91 Å². The highest BCUT2D eigenvalue weighted by molar-refractivity contribution is 6.02. The number of anilines is 1. The van der Waals surface area contributed by atoms with Crippen LogP contribution in [0.5, 0.6) is 11.5 Å². The second-order valence-electron chi connectivity index (χ2n) is 8.29. The molecule has 6 nitrogen and oxygen atoms in total. The van der Waals surface area contributed by atoms with Crippen molar-refractivity contribution < 1.29 is 19.0 Å². The van der Waals surface area contributed by atoms with Crippen LogP contribution in [-0.2, 0) is 4.74 Å². The third-order valence-corrected chi connectivity index (χ3v) is 6.12. The summed E-state index contributed by atoms with van der Waals surface area (Å²) in [5, 5.41) is 5.70. The molecule has 0 saturated heterocycles. The normalized spacial score (nSPS) is 14.9. The van der Waals surface area contributed by atoms with Crippen molar-refractivity contribution in [2.75, 3.05) is 38.8 Å². The fraction of sp³-hybridized carbons (Fsp3) is 0.207. The topological polar surface area (TPSA) is 60.0 Å². The van der Waals surface area contributed by atoms with Crippen molar-refractivity contribution in [1.29, 1.82) is 0 Å². The van der Waals surface area contributed by atoms with Gasteiger partial charge in [-0.05, 0) is 41.1 Å². The molecule has 0 aromatic heterocycles. The van der Waals surface area contributed by atoms with E-state index in [1.165, 1.54) is 0 Å². The number of amides is 1. The molecule has 35 heavy (non-hydrogen) atoms. The lowest BCUT2D eigenvalue weighted by Crippen LogP contribution is -2.44. The number of nitrogens with one attached hydrogen (secondary N) is 1. The number of nitrogens with zero attached hydrogens (tertiary/aromatic N) is 1. The van der Waals surface area contributed by atoms with Crippen molar-refractivity contribution in [2.45, 2.75) is 6.17 Å². The Morgan fingerprint density at radius 1 is 0.800 bits per heavy atom. The number of ether oxygens (including phenoxy) is 3. The van der Waals surface area contributed by atoms with Crippen LogP contribution in [0.4, 0.5) is 5.69 Å². The molecule has 1 unspecified atom stereocenters. The van der Waals surface area contributed by atoms with Gasteiger partial charge in [-0.1, -0.05) is 60.7 Å². The Kier molecular flexibility index (Phi) is 6.82. The zero-order valence-electron chi connectivity index (χ0n) is 19.6. The summed E-state index contributed by atoms with van der Waals surface area (Å²) in [6.07, 6.45) is -0.413. The summed E-state index contributed by atoms with van der Waals surface area (Å²) >= 11 is 0. The van der Waals surface area contributed by atoms with Gasteiger partial charge in [-0.25, -0.2) is 0 Å². The van der Waals surface area contributed by atoms with Gasteiger partial charge in [0.1, 0.15) is 30.9 Å². The van der Waals surface area contributed by atoms with Crippen molar-refractivity contribution in [3.05, 3.63) is 102 Å². The molecule has 4 aromatic rings. The molecular formula is C29H28N2O4. The molecule has 4 aromatic carbocycles. The summed E-state index contributed by atoms with van der Waals surface area (Å²) in [7, 11) is 1.64. The average molecular weight is 469 g/mol. The van der Waals surface area contributed by atoms with Crippen LogP contribution >= 0.6 is 0 Å². The van der Waals surface area contributed by atoms with Crippen molar-refractivity contribution in [1.82, 2.24) is 4.90 Å². The van der Waals surface area contributed by atoms with Gasteiger partial charge in [0.15, 0.2) is 0 Å². The van der Waals surface area contributed by atoms with E-state index in [-0.39, 0.29) is 5.91 Å². The van der Waals surface area contributed by atoms with Gasteiger partial charge in [0, 0.05) is 24.9 Å². The van der Waals surface area contributed by atoms with E-state index in [0.717, 1.165) is 27.8 Å². The van der Waals surface area contributed by atoms with Crippen molar-refractivity contribution in [3.63, 3.8) is 0 Å². The van der Waals surface area contributed by atoms with Crippen molar-refractivity contribution >= 4 is 22.4 Å². The highest BCUT2D eigenvalue weighted by Gasteiger charge is 2.35. The molecular weight excluding hydrogens is 440 g/mol. The number of hydrogen-bond donors (Lipinski definition) is 1. The number of hydrogen-bond acceptors (Lipinski definition) is 5. The van der Waals surface area contributed by atoms with Gasteiger partial charge in [-0.3, -0.25) is 4.79 Å². The van der Waals surface area contributed by atoms with E-state index >= 15 is 0 Å². The lowest BCUT2D eigenvalue weighted by atomic mass is 9.97. The van der Waals surface area contributed by atoms with E-state index in [2.05, 4.69) is 17.4 Å². The molecule has 0 saturated carbocycles. The third-order valence-electron chi connectivity index (χ3n) is 6.12. The van der Waals surface area contributed by atoms with E-state index in [0.29, 0.717) is 37.7 Å². The fourth-order valence-corrected chi connectivity index (χ4v) is 4.45. The molecule has 1 atom stereocenters. The van der Waals surface area contributed by atoms with Crippen LogP contribution in [0.2, 0.25) is 0 Å². The molecule has 6 heteroatoms. The first-order valence-corrected chi connectivity index (χ1v) is 11.7. The van der Waals surface area contributed by atoms with Gasteiger partial charge < -0.3 is 24.4 Å². The number of fused-ring (bicyclic) bond motifs is 2. The Morgan fingerprint density at radius 3 is 2.40 bits per heavy atom. The first kappa shape index (κ1) is 22.7. The molecule has 5 rings (SSSR count). The largest absolute Gasteiger partial charge is 0.490 e. The number of rotatable bonds is 9. The molecule has 1 heterocycles. The molecule has 1 N–H and O–H groups in total. The smallest absolute Gasteiger partial charge is 0.257 e. The van der Waals surface area contributed by atoms with E-state index in [1.54, 1.807) is 7.11 Å². The minimum absolute atomic E-state index is 0.0345. The first-order chi connectivity index (χ1) is 17.3. The van der Waals surface area contributed by atoms with E-state index in [4.69, 9.17) is 14.2 Å². The lowest BCUT2D eigenvalue weighted by Gasteiger charge is -2.39. The highest BCUT2D eigenvalue weighted by atomic mass is 16.5. The van der Waals surface area contributed by atoms with Crippen molar-refractivity contribution in [2.24, 2.45) is 0 Å². The van der Waals surface area contributed by atoms with E-state index < -0.39 is 6.17 Å². The van der Waals surface area contributed by atoms with Crippen LogP contribution in [0, 0.1) is 0 Å². The molecule has 0 fully saturated rings. The standard InChI is InChI=1S/C29H28N2O4/c1-33-18-17-31-28(30-25-14-8-7-13-24(25)29(31)32)27-23-12-6-5-9-21(23)15-16-26(27)35-20-19-34-22-10-3-2-4-11-22/h2-16,28,30H,17-20H2,1H3. The fourth-order valence-electron chi connectivity index (χ4n) is 4.45. The molecule has 0 spiro atoms. The van der Waals surface area contributed by atoms with Crippen LogP contribution in [-0.4, -0.2) is 44.3 Å². The number of benzene rings is 4. The molecule has 1 amide bonds. The Hall–Kier alpha value is -4.03. The molecule has 1 aliphatic rings. The Bertz CT molecular complexity index is 1310. The Balaban J connectivity index is 1.49. The third kappa shape index (κ3) is 4.79. The molecule has 178 valence electrons. The predicted octanol–water partition coefficient (Wildman–Crippen LogP) is 5.51. The van der Waals surface area contributed by atoms with Crippen LogP contribution in [0.1, 0.15) is 22.1 Å². The van der Waals surface area contributed by atoms with Gasteiger partial charge in [-0.2, -0.15) is 0 Å². The summed E-state index contributed by atoms with van der Waals surface area (Å²) in [6, 6.07) is 29.5. The summed E-state index contributed by atoms with van der Waals surface area (Å²) in [5.41, 5.74) is 2.38. The minimum atomic E-state index is -0.413. The number of para-hydroxylation sites is 2. The Labute approximate surface area is 205 Å². The zero-order valence-corrected chi connectivity index (χ0v) is 19.6. The summed E-state index contributed by atoms with van der Waals surface area (Å²) in [6.45, 7) is 1.65. The summed E-state index contributed by atoms with van der Waals surface area (Å²) < 4.78 is 17.4. The van der Waals surface area contributed by atoms with Gasteiger partial charge >= 0.3 is 0 Å². The monoisotopic (exact) mass is 468 g/mol. The van der Waals surface area contributed by atoms with E-state index in [1.807, 2.05) is 83.8 Å². The van der Waals surface area contributed by atoms with Crippen LogP contribution in [0.15, 0.2) is 91.0 Å². The maximum Gasteiger partial charge on any atom is 0.257 e. The second kappa shape index (κ2) is 10.5. The lowest BCUT2D eigenvalue weighted by molar-refractivity contribution is 0.0607. The zero-order chi connectivity index (χ0) is 24.0. The maximum absolute atomic E-state index is 13.5. The van der Waals surface area contributed by atoms with Gasteiger partial charge in [-0.15, -0.1) is 0 Å². The molecule has 0 aliphatic carbocycles. The number of carbonyl (C=O) groups is 1. The average Bonchev–Trinajstić information content (AvgIpc) is 2.91. The minimum Gasteiger partial charge on any atom is -0.490 e. The predicted molar refractivity (Wildman–Crippen MR) is 137 cm³/mol. The number of methoxy groups -OCH3 is 1. The quantitative estimate of drug-likeness (QED) is 0.328. The van der Waals surface area contributed by atoms with Crippen molar-refractivity contribution in [3.8, 4) is 11.5 Å². The number of carbonyl (C=O) groups excluding carboxylic acids is 1. The molecule has 0 bridgehead atoms. The summed E-state index contributed by atoms with van der Waals surface area (Å²) in [4.78, 5) is 15.4. The summed E-state index contributed by atoms with van der Waals surface area (Å²) in [5.74, 6) is 1.48. The van der Waals surface area contributed by atoms with E-state index in [9.17, 15) is 4.79 Å². The second-order valence-corrected chi connectivity index (χ2v) is 8.29. The van der Waals surface area contributed by atoms with Crippen LogP contribution in [0.3, 0.4) is 0 Å².